The highest BCUT2D eigenvalue weighted by molar-refractivity contribution is 4.88. The quantitative estimate of drug-likeness (QED) is 0.831. The van der Waals surface area contributed by atoms with Crippen molar-refractivity contribution in [1.29, 1.82) is 0 Å². The average Bonchev–Trinajstić information content (AvgIpc) is 2.25. The van der Waals surface area contributed by atoms with Gasteiger partial charge in [-0.2, -0.15) is 0 Å². The van der Waals surface area contributed by atoms with E-state index in [-0.39, 0.29) is 11.1 Å². The molecule has 1 aliphatic rings. The van der Waals surface area contributed by atoms with Crippen molar-refractivity contribution >= 4 is 0 Å². The van der Waals surface area contributed by atoms with Crippen molar-refractivity contribution < 1.29 is 4.74 Å². The maximum absolute atomic E-state index is 5.68. The molecule has 0 amide bonds. The predicted octanol–water partition coefficient (Wildman–Crippen LogP) is 2.90. The van der Waals surface area contributed by atoms with Gasteiger partial charge < -0.3 is 10.1 Å². The van der Waals surface area contributed by atoms with Gasteiger partial charge in [-0.05, 0) is 52.5 Å². The third kappa shape index (κ3) is 6.24. The zero-order valence-electron chi connectivity index (χ0n) is 14.1. The maximum Gasteiger partial charge on any atom is 0.0777 e. The van der Waals surface area contributed by atoms with Crippen molar-refractivity contribution in [1.82, 2.24) is 10.2 Å². The van der Waals surface area contributed by atoms with E-state index in [0.717, 1.165) is 19.6 Å². The molecule has 0 aromatic rings. The van der Waals surface area contributed by atoms with Crippen LogP contribution in [0.3, 0.4) is 0 Å². The van der Waals surface area contributed by atoms with Gasteiger partial charge in [0.05, 0.1) is 5.60 Å². The molecule has 19 heavy (non-hydrogen) atoms. The van der Waals surface area contributed by atoms with Crippen molar-refractivity contribution in [2.24, 2.45) is 5.41 Å². The van der Waals surface area contributed by atoms with Gasteiger partial charge in [0, 0.05) is 32.3 Å². The molecule has 1 N–H and O–H groups in total. The van der Waals surface area contributed by atoms with Crippen LogP contribution in [0.4, 0.5) is 0 Å². The summed E-state index contributed by atoms with van der Waals surface area (Å²) in [5, 5.41) is 3.63. The van der Waals surface area contributed by atoms with E-state index in [9.17, 15) is 0 Å². The summed E-state index contributed by atoms with van der Waals surface area (Å²) in [7, 11) is 1.84. The summed E-state index contributed by atoms with van der Waals surface area (Å²) in [5.41, 5.74) is 0.533. The fourth-order valence-corrected chi connectivity index (χ4v) is 2.77. The predicted molar refractivity (Wildman–Crippen MR) is 82.6 cm³/mol. The van der Waals surface area contributed by atoms with Gasteiger partial charge in [-0.3, -0.25) is 4.90 Å². The number of ether oxygens (including phenoxy) is 1. The van der Waals surface area contributed by atoms with Crippen LogP contribution in [0.1, 0.15) is 54.4 Å². The molecule has 0 aromatic heterocycles. The lowest BCUT2D eigenvalue weighted by Gasteiger charge is -2.43. The van der Waals surface area contributed by atoms with Crippen molar-refractivity contribution in [2.45, 2.75) is 65.5 Å². The molecule has 0 saturated carbocycles. The Labute approximate surface area is 120 Å². The zero-order valence-corrected chi connectivity index (χ0v) is 14.1. The van der Waals surface area contributed by atoms with Crippen LogP contribution in [-0.4, -0.2) is 49.3 Å². The minimum atomic E-state index is 0.0474. The summed E-state index contributed by atoms with van der Waals surface area (Å²) in [6.07, 6.45) is 2.42. The molecule has 1 heterocycles. The van der Waals surface area contributed by atoms with Crippen molar-refractivity contribution in [2.75, 3.05) is 33.3 Å². The average molecular weight is 270 g/mol. The van der Waals surface area contributed by atoms with E-state index in [1.807, 2.05) is 7.11 Å². The van der Waals surface area contributed by atoms with Gasteiger partial charge in [0.25, 0.3) is 0 Å². The van der Waals surface area contributed by atoms with Gasteiger partial charge in [0.2, 0.25) is 0 Å². The van der Waals surface area contributed by atoms with Crippen molar-refractivity contribution in [3.8, 4) is 0 Å². The van der Waals surface area contributed by atoms with Crippen LogP contribution >= 0.6 is 0 Å². The Hall–Kier alpha value is -0.120. The van der Waals surface area contributed by atoms with E-state index in [0.29, 0.717) is 5.41 Å². The second kappa shape index (κ2) is 6.11. The second-order valence-corrected chi connectivity index (χ2v) is 8.24. The fraction of sp³-hybridized carbons (Fsp3) is 1.00. The SMILES string of the molecule is COC1(C)CCCN(CC(C)(C)CNC(C)(C)C)C1. The minimum absolute atomic E-state index is 0.0474. The van der Waals surface area contributed by atoms with Crippen molar-refractivity contribution in [3.63, 3.8) is 0 Å². The molecule has 0 spiro atoms. The number of nitrogens with zero attached hydrogens (tertiary/aromatic N) is 1. The zero-order chi connectivity index (χ0) is 14.7. The first kappa shape index (κ1) is 16.9. The van der Waals surface area contributed by atoms with Crippen LogP contribution in [0, 0.1) is 5.41 Å². The summed E-state index contributed by atoms with van der Waals surface area (Å²) in [4.78, 5) is 2.57. The first-order valence-electron chi connectivity index (χ1n) is 7.58. The number of nitrogens with one attached hydrogen (secondary N) is 1. The molecule has 3 heteroatoms. The molecule has 0 radical (unpaired) electrons. The molecule has 114 valence electrons. The summed E-state index contributed by atoms with van der Waals surface area (Å²) < 4.78 is 5.68. The number of hydrogen-bond acceptors (Lipinski definition) is 3. The third-order valence-corrected chi connectivity index (χ3v) is 3.98. The van der Waals surface area contributed by atoms with E-state index >= 15 is 0 Å². The number of hydrogen-bond donors (Lipinski definition) is 1. The largest absolute Gasteiger partial charge is 0.377 e. The standard InChI is InChI=1S/C16H34N2O/c1-14(2,3)17-11-15(4,5)12-18-10-8-9-16(6,13-18)19-7/h17H,8-13H2,1-7H3. The van der Waals surface area contributed by atoms with Gasteiger partial charge in [-0.25, -0.2) is 0 Å². The number of piperidine rings is 1. The third-order valence-electron chi connectivity index (χ3n) is 3.98. The monoisotopic (exact) mass is 270 g/mol. The molecule has 0 aliphatic carbocycles. The highest BCUT2D eigenvalue weighted by Crippen LogP contribution is 2.27. The lowest BCUT2D eigenvalue weighted by atomic mass is 9.88. The molecule has 1 unspecified atom stereocenters. The molecule has 1 aliphatic heterocycles. The number of rotatable bonds is 5. The molecule has 0 bridgehead atoms. The van der Waals surface area contributed by atoms with Crippen LogP contribution < -0.4 is 5.32 Å². The highest BCUT2D eigenvalue weighted by atomic mass is 16.5. The van der Waals surface area contributed by atoms with Gasteiger partial charge in [0.1, 0.15) is 0 Å². The van der Waals surface area contributed by atoms with Crippen LogP contribution in [0.25, 0.3) is 0 Å². The summed E-state index contributed by atoms with van der Waals surface area (Å²) in [5.74, 6) is 0. The Balaban J connectivity index is 2.48. The topological polar surface area (TPSA) is 24.5 Å². The lowest BCUT2D eigenvalue weighted by Crippen LogP contribution is -2.52. The molecule has 0 aromatic carbocycles. The van der Waals surface area contributed by atoms with Crippen LogP contribution in [0.15, 0.2) is 0 Å². The van der Waals surface area contributed by atoms with E-state index in [1.54, 1.807) is 0 Å². The highest BCUT2D eigenvalue weighted by Gasteiger charge is 2.33. The first-order chi connectivity index (χ1) is 8.55. The Morgan fingerprint density at radius 3 is 2.37 bits per heavy atom. The number of likely N-dealkylation sites (tertiary alicyclic amines) is 1. The fourth-order valence-electron chi connectivity index (χ4n) is 2.77. The molecular formula is C16H34N2O. The first-order valence-corrected chi connectivity index (χ1v) is 7.58. The van der Waals surface area contributed by atoms with Gasteiger partial charge >= 0.3 is 0 Å². The van der Waals surface area contributed by atoms with Crippen molar-refractivity contribution in [3.05, 3.63) is 0 Å². The Bertz CT molecular complexity index is 283. The Morgan fingerprint density at radius 1 is 1.21 bits per heavy atom. The molecule has 1 saturated heterocycles. The summed E-state index contributed by atoms with van der Waals surface area (Å²) in [6.45, 7) is 18.1. The van der Waals surface area contributed by atoms with E-state index in [4.69, 9.17) is 4.74 Å². The molecule has 3 nitrogen and oxygen atoms in total. The molecular weight excluding hydrogens is 236 g/mol. The Kier molecular flexibility index (Phi) is 5.44. The maximum atomic E-state index is 5.68. The van der Waals surface area contributed by atoms with Crippen LogP contribution in [-0.2, 0) is 4.74 Å². The van der Waals surface area contributed by atoms with E-state index in [1.165, 1.54) is 19.4 Å². The van der Waals surface area contributed by atoms with Crippen LogP contribution in [0.2, 0.25) is 0 Å². The van der Waals surface area contributed by atoms with Gasteiger partial charge in [-0.15, -0.1) is 0 Å². The van der Waals surface area contributed by atoms with Gasteiger partial charge in [0.15, 0.2) is 0 Å². The van der Waals surface area contributed by atoms with Gasteiger partial charge in [-0.1, -0.05) is 13.8 Å². The molecule has 1 fully saturated rings. The normalized spacial score (nSPS) is 26.7. The smallest absolute Gasteiger partial charge is 0.0777 e. The second-order valence-electron chi connectivity index (χ2n) is 8.24. The minimum Gasteiger partial charge on any atom is -0.377 e. The molecule has 1 atom stereocenters. The lowest BCUT2D eigenvalue weighted by molar-refractivity contribution is -0.0575. The van der Waals surface area contributed by atoms with Crippen LogP contribution in [0.5, 0.6) is 0 Å². The summed E-state index contributed by atoms with van der Waals surface area (Å²) in [6, 6.07) is 0. The Morgan fingerprint density at radius 2 is 1.84 bits per heavy atom. The van der Waals surface area contributed by atoms with E-state index in [2.05, 4.69) is 51.8 Å². The molecule has 1 rings (SSSR count). The summed E-state index contributed by atoms with van der Waals surface area (Å²) >= 11 is 0. The van der Waals surface area contributed by atoms with E-state index < -0.39 is 0 Å². The number of methoxy groups -OCH3 is 1.